The first-order chi connectivity index (χ1) is 27.2. The predicted octanol–water partition coefficient (Wildman–Crippen LogP) is 15.3. The van der Waals surface area contributed by atoms with Crippen LogP contribution in [-0.2, 0) is 14.3 Å². The number of esters is 1. The van der Waals surface area contributed by atoms with Crippen molar-refractivity contribution in [3.05, 3.63) is 97.2 Å². The lowest BCUT2D eigenvalue weighted by Crippen LogP contribution is -2.27. The third-order valence-electron chi connectivity index (χ3n) is 9.39. The van der Waals surface area contributed by atoms with Crippen LogP contribution in [0, 0.1) is 0 Å². The Morgan fingerprint density at radius 1 is 0.455 bits per heavy atom. The average Bonchev–Trinajstić information content (AvgIpc) is 3.19. The fourth-order valence-corrected chi connectivity index (χ4v) is 6.01. The Balaban J connectivity index is 3.53. The summed E-state index contributed by atoms with van der Waals surface area (Å²) in [6.07, 6.45) is 67.6. The molecule has 4 nitrogen and oxygen atoms in total. The summed E-state index contributed by atoms with van der Waals surface area (Å²) in [4.78, 5) is 12.2. The van der Waals surface area contributed by atoms with E-state index < -0.39 is 6.10 Å². The highest BCUT2D eigenvalue weighted by atomic mass is 16.6. The van der Waals surface area contributed by atoms with Crippen LogP contribution in [0.2, 0.25) is 0 Å². The van der Waals surface area contributed by atoms with Crippen molar-refractivity contribution in [2.45, 2.75) is 200 Å². The number of aliphatic hydroxyl groups is 1. The average molecular weight is 763 g/mol. The SMILES string of the molecule is CC/C=C\C/C=C\C/C=C\C/C=C\C/C=C\CCCCOCC(CO)OC(=O)CCCCCCCCCCCC/C=C\C/C=C\C/C=C\CCCCCCC. The van der Waals surface area contributed by atoms with Crippen molar-refractivity contribution in [1.82, 2.24) is 0 Å². The number of rotatable bonds is 41. The molecule has 0 aromatic carbocycles. The van der Waals surface area contributed by atoms with E-state index in [0.717, 1.165) is 77.0 Å². The third-order valence-corrected chi connectivity index (χ3v) is 9.39. The number of allylic oxidation sites excluding steroid dienone is 16. The van der Waals surface area contributed by atoms with Crippen LogP contribution in [0.3, 0.4) is 0 Å². The maximum Gasteiger partial charge on any atom is 0.306 e. The Hall–Kier alpha value is -2.69. The van der Waals surface area contributed by atoms with Crippen LogP contribution >= 0.6 is 0 Å². The van der Waals surface area contributed by atoms with Gasteiger partial charge in [-0.1, -0.05) is 188 Å². The van der Waals surface area contributed by atoms with Crippen LogP contribution in [0.1, 0.15) is 194 Å². The molecule has 0 radical (unpaired) electrons. The molecule has 1 unspecified atom stereocenters. The lowest BCUT2D eigenvalue weighted by Gasteiger charge is -2.15. The molecule has 4 heteroatoms. The van der Waals surface area contributed by atoms with Crippen LogP contribution in [0.4, 0.5) is 0 Å². The molecule has 0 aromatic rings. The molecule has 0 bridgehead atoms. The molecule has 0 rings (SSSR count). The van der Waals surface area contributed by atoms with E-state index in [1.54, 1.807) is 0 Å². The largest absolute Gasteiger partial charge is 0.457 e. The summed E-state index contributed by atoms with van der Waals surface area (Å²) in [6.45, 7) is 5.11. The molecule has 0 amide bonds. The fourth-order valence-electron chi connectivity index (χ4n) is 6.01. The van der Waals surface area contributed by atoms with E-state index in [2.05, 4.69) is 111 Å². The molecular formula is C51H86O4. The predicted molar refractivity (Wildman–Crippen MR) is 242 cm³/mol. The molecule has 0 aromatic heterocycles. The zero-order chi connectivity index (χ0) is 39.8. The summed E-state index contributed by atoms with van der Waals surface area (Å²) in [5.74, 6) is -0.223. The second-order valence-electron chi connectivity index (χ2n) is 14.7. The van der Waals surface area contributed by atoms with Crippen LogP contribution in [-0.4, -0.2) is 37.0 Å². The highest BCUT2D eigenvalue weighted by Crippen LogP contribution is 2.13. The standard InChI is InChI=1S/C51H86O4/c1-3-5-7-9-11-13-15-17-19-21-23-24-25-26-27-28-29-30-32-34-36-38-40-42-44-46-51(53)55-50(48-52)49-54-47-45-43-41-39-37-35-33-31-22-20-18-16-14-12-10-8-6-4-2/h6,8,12,14-15,17-18,20-21,23,25-26,31,33,37,39,50,52H,3-5,7,9-11,13,16,19,22,24,27-30,32,34-36,38,40-49H2,1-2H3/b8-6-,14-12-,17-15-,20-18-,23-21-,26-25-,33-31-,39-37-. The molecule has 0 saturated carbocycles. The lowest BCUT2D eigenvalue weighted by molar-refractivity contribution is -0.154. The molecule has 0 aliphatic heterocycles. The van der Waals surface area contributed by atoms with Gasteiger partial charge in [0.1, 0.15) is 6.10 Å². The van der Waals surface area contributed by atoms with E-state index in [1.165, 1.54) is 96.3 Å². The number of carbonyl (C=O) groups excluding carboxylic acids is 1. The summed E-state index contributed by atoms with van der Waals surface area (Å²) in [6, 6.07) is 0. The highest BCUT2D eigenvalue weighted by molar-refractivity contribution is 5.69. The minimum absolute atomic E-state index is 0.197. The van der Waals surface area contributed by atoms with Crippen molar-refractivity contribution >= 4 is 5.97 Å². The van der Waals surface area contributed by atoms with Gasteiger partial charge < -0.3 is 14.6 Å². The Labute approximate surface area is 341 Å². The maximum atomic E-state index is 12.2. The van der Waals surface area contributed by atoms with Gasteiger partial charge in [0.2, 0.25) is 0 Å². The van der Waals surface area contributed by atoms with Crippen LogP contribution in [0.15, 0.2) is 97.2 Å². The van der Waals surface area contributed by atoms with Crippen LogP contribution in [0.25, 0.3) is 0 Å². The first kappa shape index (κ1) is 52.3. The second-order valence-corrected chi connectivity index (χ2v) is 14.7. The van der Waals surface area contributed by atoms with E-state index in [0.29, 0.717) is 13.0 Å². The molecule has 0 fully saturated rings. The molecule has 0 spiro atoms. The summed E-state index contributed by atoms with van der Waals surface area (Å²) < 4.78 is 11.1. The van der Waals surface area contributed by atoms with Gasteiger partial charge in [-0.3, -0.25) is 4.79 Å². The molecule has 0 aliphatic rings. The Morgan fingerprint density at radius 2 is 0.818 bits per heavy atom. The monoisotopic (exact) mass is 763 g/mol. The van der Waals surface area contributed by atoms with E-state index in [1.807, 2.05) is 0 Å². The first-order valence-electron chi connectivity index (χ1n) is 22.8. The molecule has 1 atom stereocenters. The number of aliphatic hydroxyl groups excluding tert-OH is 1. The molecule has 0 heterocycles. The van der Waals surface area contributed by atoms with Gasteiger partial charge in [-0.05, 0) is 96.3 Å². The van der Waals surface area contributed by atoms with Crippen molar-refractivity contribution in [2.24, 2.45) is 0 Å². The van der Waals surface area contributed by atoms with Gasteiger partial charge in [0, 0.05) is 13.0 Å². The smallest absolute Gasteiger partial charge is 0.306 e. The Morgan fingerprint density at radius 3 is 1.24 bits per heavy atom. The maximum absolute atomic E-state index is 12.2. The van der Waals surface area contributed by atoms with Crippen LogP contribution in [0.5, 0.6) is 0 Å². The van der Waals surface area contributed by atoms with Crippen molar-refractivity contribution in [3.8, 4) is 0 Å². The van der Waals surface area contributed by atoms with Gasteiger partial charge in [-0.15, -0.1) is 0 Å². The summed E-state index contributed by atoms with van der Waals surface area (Å²) in [5.41, 5.74) is 0. The zero-order valence-electron chi connectivity index (χ0n) is 35.9. The summed E-state index contributed by atoms with van der Waals surface area (Å²) in [5, 5.41) is 9.61. The number of hydrogen-bond donors (Lipinski definition) is 1. The Kier molecular flexibility index (Phi) is 45.1. The van der Waals surface area contributed by atoms with E-state index in [4.69, 9.17) is 9.47 Å². The molecule has 0 aliphatic carbocycles. The van der Waals surface area contributed by atoms with Crippen LogP contribution < -0.4 is 0 Å². The van der Waals surface area contributed by atoms with Gasteiger partial charge in [-0.25, -0.2) is 0 Å². The number of carbonyl (C=O) groups is 1. The second kappa shape index (κ2) is 47.5. The third kappa shape index (κ3) is 45.6. The minimum Gasteiger partial charge on any atom is -0.457 e. The molecule has 0 saturated heterocycles. The number of unbranched alkanes of at least 4 members (excludes halogenated alkanes) is 17. The summed E-state index contributed by atoms with van der Waals surface area (Å²) >= 11 is 0. The highest BCUT2D eigenvalue weighted by Gasteiger charge is 2.13. The molecule has 1 N–H and O–H groups in total. The number of ether oxygens (including phenoxy) is 2. The number of hydrogen-bond acceptors (Lipinski definition) is 4. The zero-order valence-corrected chi connectivity index (χ0v) is 35.9. The van der Waals surface area contributed by atoms with Crippen molar-refractivity contribution < 1.29 is 19.4 Å². The quantitative estimate of drug-likeness (QED) is 0.0383. The van der Waals surface area contributed by atoms with E-state index in [9.17, 15) is 9.90 Å². The van der Waals surface area contributed by atoms with Gasteiger partial charge >= 0.3 is 5.97 Å². The lowest BCUT2D eigenvalue weighted by atomic mass is 10.0. The fraction of sp³-hybridized carbons (Fsp3) is 0.667. The van der Waals surface area contributed by atoms with Gasteiger partial charge in [-0.2, -0.15) is 0 Å². The minimum atomic E-state index is -0.566. The van der Waals surface area contributed by atoms with E-state index in [-0.39, 0.29) is 19.2 Å². The van der Waals surface area contributed by atoms with Crippen molar-refractivity contribution in [1.29, 1.82) is 0 Å². The normalized spacial score (nSPS) is 13.3. The Bertz CT molecular complexity index is 1030. The molecule has 55 heavy (non-hydrogen) atoms. The topological polar surface area (TPSA) is 55.8 Å². The summed E-state index contributed by atoms with van der Waals surface area (Å²) in [7, 11) is 0. The van der Waals surface area contributed by atoms with Gasteiger partial charge in [0.15, 0.2) is 0 Å². The van der Waals surface area contributed by atoms with E-state index >= 15 is 0 Å². The first-order valence-corrected chi connectivity index (χ1v) is 22.8. The van der Waals surface area contributed by atoms with Crippen molar-refractivity contribution in [2.75, 3.05) is 19.8 Å². The van der Waals surface area contributed by atoms with Gasteiger partial charge in [0.25, 0.3) is 0 Å². The molecule has 314 valence electrons. The van der Waals surface area contributed by atoms with Gasteiger partial charge in [0.05, 0.1) is 13.2 Å². The molecular weight excluding hydrogens is 677 g/mol. The van der Waals surface area contributed by atoms with Crippen molar-refractivity contribution in [3.63, 3.8) is 0 Å².